The Morgan fingerprint density at radius 2 is 2.08 bits per heavy atom. The minimum atomic E-state index is -0.885. The number of amides is 1. The van der Waals surface area contributed by atoms with Crippen LogP contribution in [-0.2, 0) is 9.59 Å². The summed E-state index contributed by atoms with van der Waals surface area (Å²) in [7, 11) is 0. The lowest BCUT2D eigenvalue weighted by atomic mass is 10.3. The first kappa shape index (κ1) is 12.3. The summed E-state index contributed by atoms with van der Waals surface area (Å²) in [5.41, 5.74) is 0. The first-order valence-corrected chi connectivity index (χ1v) is 5.53. The molecule has 0 saturated carbocycles. The third-order valence-corrected chi connectivity index (χ3v) is 2.11. The molecule has 0 spiro atoms. The van der Waals surface area contributed by atoms with E-state index in [2.05, 4.69) is 5.32 Å². The van der Waals surface area contributed by atoms with Crippen molar-refractivity contribution in [3.05, 3.63) is 0 Å². The Balaban J connectivity index is 3.25. The highest BCUT2D eigenvalue weighted by Gasteiger charge is 2.01. The Bertz CT molecular complexity index is 173. The van der Waals surface area contributed by atoms with Crippen molar-refractivity contribution < 1.29 is 14.7 Å². The van der Waals surface area contributed by atoms with Gasteiger partial charge >= 0.3 is 5.97 Å². The summed E-state index contributed by atoms with van der Waals surface area (Å²) in [5.74, 6) is 0.0199. The van der Waals surface area contributed by atoms with E-state index in [9.17, 15) is 9.59 Å². The van der Waals surface area contributed by atoms with Crippen molar-refractivity contribution in [3.8, 4) is 0 Å². The molecule has 4 nitrogen and oxygen atoms in total. The SMILES string of the molecule is CSCCCC(=O)NCCC(=O)O. The average Bonchev–Trinajstić information content (AvgIpc) is 2.04. The lowest BCUT2D eigenvalue weighted by Gasteiger charge is -2.01. The quantitative estimate of drug-likeness (QED) is 0.601. The first-order valence-electron chi connectivity index (χ1n) is 4.14. The molecule has 13 heavy (non-hydrogen) atoms. The maximum Gasteiger partial charge on any atom is 0.305 e. The molecule has 0 aromatic heterocycles. The van der Waals surface area contributed by atoms with Crippen molar-refractivity contribution in [2.45, 2.75) is 19.3 Å². The molecule has 0 rings (SSSR count). The van der Waals surface area contributed by atoms with E-state index in [-0.39, 0.29) is 18.9 Å². The highest BCUT2D eigenvalue weighted by atomic mass is 32.2. The van der Waals surface area contributed by atoms with Gasteiger partial charge in [0.25, 0.3) is 0 Å². The molecule has 1 amide bonds. The summed E-state index contributed by atoms with van der Waals surface area (Å²) in [4.78, 5) is 21.1. The van der Waals surface area contributed by atoms with Gasteiger partial charge in [0.05, 0.1) is 6.42 Å². The number of nitrogens with one attached hydrogen (secondary N) is 1. The molecule has 0 saturated heterocycles. The van der Waals surface area contributed by atoms with Gasteiger partial charge < -0.3 is 10.4 Å². The molecular weight excluding hydrogens is 190 g/mol. The van der Waals surface area contributed by atoms with Crippen molar-refractivity contribution in [2.75, 3.05) is 18.6 Å². The zero-order valence-corrected chi connectivity index (χ0v) is 8.52. The van der Waals surface area contributed by atoms with E-state index in [0.717, 1.165) is 12.2 Å². The minimum Gasteiger partial charge on any atom is -0.481 e. The predicted molar refractivity (Wildman–Crippen MR) is 52.9 cm³/mol. The second-order valence-electron chi connectivity index (χ2n) is 2.59. The van der Waals surface area contributed by atoms with Gasteiger partial charge in [-0.1, -0.05) is 0 Å². The lowest BCUT2D eigenvalue weighted by molar-refractivity contribution is -0.136. The van der Waals surface area contributed by atoms with Crippen LogP contribution in [0.15, 0.2) is 0 Å². The number of carbonyl (C=O) groups is 2. The molecule has 2 N–H and O–H groups in total. The summed E-state index contributed by atoms with van der Waals surface area (Å²) in [6.07, 6.45) is 3.32. The van der Waals surface area contributed by atoms with Gasteiger partial charge in [0.1, 0.15) is 0 Å². The Morgan fingerprint density at radius 3 is 2.62 bits per heavy atom. The molecule has 0 aliphatic carbocycles. The summed E-state index contributed by atoms with van der Waals surface area (Å²) < 4.78 is 0. The van der Waals surface area contributed by atoms with E-state index < -0.39 is 5.97 Å². The Morgan fingerprint density at radius 1 is 1.38 bits per heavy atom. The van der Waals surface area contributed by atoms with E-state index in [0.29, 0.717) is 6.42 Å². The number of hydrogen-bond donors (Lipinski definition) is 2. The molecule has 0 aliphatic heterocycles. The van der Waals surface area contributed by atoms with Crippen LogP contribution in [0, 0.1) is 0 Å². The van der Waals surface area contributed by atoms with Crippen LogP contribution in [0.2, 0.25) is 0 Å². The van der Waals surface area contributed by atoms with Gasteiger partial charge in [-0.3, -0.25) is 9.59 Å². The smallest absolute Gasteiger partial charge is 0.305 e. The highest BCUT2D eigenvalue weighted by Crippen LogP contribution is 1.98. The Labute approximate surface area is 82.1 Å². The van der Waals surface area contributed by atoms with Crippen molar-refractivity contribution in [1.82, 2.24) is 5.32 Å². The normalized spacial score (nSPS) is 9.62. The average molecular weight is 205 g/mol. The highest BCUT2D eigenvalue weighted by molar-refractivity contribution is 7.98. The first-order chi connectivity index (χ1) is 6.16. The second kappa shape index (κ2) is 7.91. The minimum absolute atomic E-state index is 0.00569. The van der Waals surface area contributed by atoms with E-state index in [1.165, 1.54) is 0 Å². The molecule has 5 heteroatoms. The predicted octanol–water partition coefficient (Wildman–Crippen LogP) is 0.721. The van der Waals surface area contributed by atoms with Crippen LogP contribution >= 0.6 is 11.8 Å². The van der Waals surface area contributed by atoms with Crippen LogP contribution in [0.1, 0.15) is 19.3 Å². The van der Waals surface area contributed by atoms with Gasteiger partial charge in [-0.2, -0.15) is 11.8 Å². The molecular formula is C8H15NO3S. The molecule has 0 aromatic rings. The molecule has 0 bridgehead atoms. The fourth-order valence-electron chi connectivity index (χ4n) is 0.774. The third kappa shape index (κ3) is 9.20. The number of aliphatic carboxylic acids is 1. The van der Waals surface area contributed by atoms with Crippen LogP contribution in [0.25, 0.3) is 0 Å². The number of thioether (sulfide) groups is 1. The summed E-state index contributed by atoms with van der Waals surface area (Å²) in [5, 5.41) is 10.8. The molecule has 0 heterocycles. The zero-order chi connectivity index (χ0) is 10.1. The molecule has 0 atom stereocenters. The monoisotopic (exact) mass is 205 g/mol. The summed E-state index contributed by atoms with van der Waals surface area (Å²) in [6.45, 7) is 0.230. The molecule has 76 valence electrons. The van der Waals surface area contributed by atoms with Gasteiger partial charge in [-0.15, -0.1) is 0 Å². The maximum atomic E-state index is 11.0. The molecule has 0 aliphatic rings. The van der Waals surface area contributed by atoms with Gasteiger partial charge in [0.15, 0.2) is 0 Å². The Hall–Kier alpha value is -0.710. The van der Waals surface area contributed by atoms with Crippen LogP contribution in [-0.4, -0.2) is 35.5 Å². The zero-order valence-electron chi connectivity index (χ0n) is 7.71. The van der Waals surface area contributed by atoms with E-state index >= 15 is 0 Å². The number of carbonyl (C=O) groups excluding carboxylic acids is 1. The fourth-order valence-corrected chi connectivity index (χ4v) is 1.21. The van der Waals surface area contributed by atoms with Crippen LogP contribution in [0.4, 0.5) is 0 Å². The van der Waals surface area contributed by atoms with Gasteiger partial charge in [-0.05, 0) is 18.4 Å². The van der Waals surface area contributed by atoms with Crippen LogP contribution in [0.5, 0.6) is 0 Å². The van der Waals surface area contributed by atoms with Crippen molar-refractivity contribution in [2.24, 2.45) is 0 Å². The van der Waals surface area contributed by atoms with Gasteiger partial charge in [0, 0.05) is 13.0 Å². The lowest BCUT2D eigenvalue weighted by Crippen LogP contribution is -2.25. The second-order valence-corrected chi connectivity index (χ2v) is 3.58. The van der Waals surface area contributed by atoms with Crippen LogP contribution < -0.4 is 5.32 Å². The van der Waals surface area contributed by atoms with E-state index in [1.807, 2.05) is 6.26 Å². The van der Waals surface area contributed by atoms with E-state index in [1.54, 1.807) is 11.8 Å². The topological polar surface area (TPSA) is 66.4 Å². The maximum absolute atomic E-state index is 11.0. The van der Waals surface area contributed by atoms with E-state index in [4.69, 9.17) is 5.11 Å². The number of carboxylic acid groups (broad SMARTS) is 1. The van der Waals surface area contributed by atoms with Crippen molar-refractivity contribution in [3.63, 3.8) is 0 Å². The van der Waals surface area contributed by atoms with Crippen molar-refractivity contribution in [1.29, 1.82) is 0 Å². The number of rotatable bonds is 7. The molecule has 0 unspecified atom stereocenters. The van der Waals surface area contributed by atoms with Crippen LogP contribution in [0.3, 0.4) is 0 Å². The largest absolute Gasteiger partial charge is 0.481 e. The summed E-state index contributed by atoms with van der Waals surface area (Å²) in [6, 6.07) is 0. The van der Waals surface area contributed by atoms with Gasteiger partial charge in [0.2, 0.25) is 5.91 Å². The third-order valence-electron chi connectivity index (χ3n) is 1.41. The number of hydrogen-bond acceptors (Lipinski definition) is 3. The Kier molecular flexibility index (Phi) is 7.48. The molecule has 0 radical (unpaired) electrons. The number of carboxylic acids is 1. The van der Waals surface area contributed by atoms with Crippen molar-refractivity contribution >= 4 is 23.6 Å². The van der Waals surface area contributed by atoms with Gasteiger partial charge in [-0.25, -0.2) is 0 Å². The summed E-state index contributed by atoms with van der Waals surface area (Å²) >= 11 is 1.70. The molecule has 0 aromatic carbocycles. The fraction of sp³-hybridized carbons (Fsp3) is 0.750. The molecule has 0 fully saturated rings. The standard InChI is InChI=1S/C8H15NO3S/c1-13-6-2-3-7(10)9-5-4-8(11)12/h2-6H2,1H3,(H,9,10)(H,11,12).